The Morgan fingerprint density at radius 3 is 2.83 bits per heavy atom. The smallest absolute Gasteiger partial charge is 0.267 e. The first-order valence-corrected chi connectivity index (χ1v) is 8.59. The van der Waals surface area contributed by atoms with Gasteiger partial charge in [0, 0.05) is 24.9 Å². The van der Waals surface area contributed by atoms with Crippen LogP contribution in [0.5, 0.6) is 11.5 Å². The van der Waals surface area contributed by atoms with Crippen LogP contribution in [0.4, 0.5) is 0 Å². The second-order valence-electron chi connectivity index (χ2n) is 6.70. The van der Waals surface area contributed by atoms with Gasteiger partial charge in [-0.05, 0) is 43.9 Å². The molecule has 128 valence electrons. The predicted octanol–water partition coefficient (Wildman–Crippen LogP) is 2.40. The summed E-state index contributed by atoms with van der Waals surface area (Å²) in [4.78, 5) is 17.5. The molecule has 0 bridgehead atoms. The third-order valence-electron chi connectivity index (χ3n) is 5.10. The van der Waals surface area contributed by atoms with Crippen LogP contribution in [0.1, 0.15) is 44.1 Å². The lowest BCUT2D eigenvalue weighted by Gasteiger charge is -2.17. The van der Waals surface area contributed by atoms with E-state index in [1.807, 2.05) is 18.2 Å². The maximum atomic E-state index is 12.0. The van der Waals surface area contributed by atoms with Gasteiger partial charge in [0.15, 0.2) is 11.5 Å². The fourth-order valence-electron chi connectivity index (χ4n) is 3.67. The number of benzene rings is 1. The number of nitrogens with zero attached hydrogens (tertiary/aromatic N) is 1. The first-order chi connectivity index (χ1) is 11.7. The SMILES string of the molecule is COc1ccc(C2=NOC3(CCNC3=O)C2)cc1OC1CCCC1. The molecule has 1 amide bonds. The van der Waals surface area contributed by atoms with E-state index in [1.54, 1.807) is 7.11 Å². The first kappa shape index (κ1) is 15.3. The molecule has 1 atom stereocenters. The molecule has 1 unspecified atom stereocenters. The normalized spacial score (nSPS) is 26.4. The molecule has 1 saturated carbocycles. The molecule has 2 aliphatic heterocycles. The van der Waals surface area contributed by atoms with Crippen LogP contribution in [0, 0.1) is 0 Å². The molecular weight excluding hydrogens is 308 g/mol. The number of ether oxygens (including phenoxy) is 2. The van der Waals surface area contributed by atoms with E-state index in [9.17, 15) is 4.79 Å². The Labute approximate surface area is 141 Å². The third-order valence-corrected chi connectivity index (χ3v) is 5.10. The molecule has 1 spiro atoms. The van der Waals surface area contributed by atoms with Gasteiger partial charge in [-0.2, -0.15) is 0 Å². The molecule has 0 radical (unpaired) electrons. The van der Waals surface area contributed by atoms with E-state index in [4.69, 9.17) is 14.3 Å². The van der Waals surface area contributed by atoms with Crippen molar-refractivity contribution >= 4 is 11.6 Å². The van der Waals surface area contributed by atoms with Gasteiger partial charge in [-0.3, -0.25) is 4.79 Å². The Hall–Kier alpha value is -2.24. The fraction of sp³-hybridized carbons (Fsp3) is 0.556. The van der Waals surface area contributed by atoms with Crippen molar-refractivity contribution in [2.75, 3.05) is 13.7 Å². The molecule has 1 N–H and O–H groups in total. The van der Waals surface area contributed by atoms with Crippen LogP contribution in [0.25, 0.3) is 0 Å². The number of hydrogen-bond donors (Lipinski definition) is 1. The minimum absolute atomic E-state index is 0.0720. The van der Waals surface area contributed by atoms with Crippen molar-refractivity contribution < 1.29 is 19.1 Å². The Morgan fingerprint density at radius 2 is 2.12 bits per heavy atom. The summed E-state index contributed by atoms with van der Waals surface area (Å²) in [5.74, 6) is 1.39. The molecule has 6 heteroatoms. The molecule has 24 heavy (non-hydrogen) atoms. The van der Waals surface area contributed by atoms with E-state index >= 15 is 0 Å². The van der Waals surface area contributed by atoms with Gasteiger partial charge in [0.25, 0.3) is 5.91 Å². The topological polar surface area (TPSA) is 69.2 Å². The molecule has 1 saturated heterocycles. The number of oxime groups is 1. The number of methoxy groups -OCH3 is 1. The highest BCUT2D eigenvalue weighted by molar-refractivity contribution is 6.06. The minimum atomic E-state index is -0.818. The lowest BCUT2D eigenvalue weighted by Crippen LogP contribution is -2.38. The quantitative estimate of drug-likeness (QED) is 0.920. The fourth-order valence-corrected chi connectivity index (χ4v) is 3.67. The van der Waals surface area contributed by atoms with E-state index in [0.717, 1.165) is 35.6 Å². The van der Waals surface area contributed by atoms with Crippen LogP contribution in [0.3, 0.4) is 0 Å². The molecule has 2 heterocycles. The molecule has 4 rings (SSSR count). The Kier molecular flexibility index (Phi) is 3.82. The van der Waals surface area contributed by atoms with Crippen molar-refractivity contribution in [3.8, 4) is 11.5 Å². The summed E-state index contributed by atoms with van der Waals surface area (Å²) in [7, 11) is 1.64. The van der Waals surface area contributed by atoms with E-state index in [-0.39, 0.29) is 12.0 Å². The predicted molar refractivity (Wildman–Crippen MR) is 88.5 cm³/mol. The van der Waals surface area contributed by atoms with E-state index in [0.29, 0.717) is 19.4 Å². The second kappa shape index (κ2) is 6.00. The Morgan fingerprint density at radius 1 is 1.29 bits per heavy atom. The number of carbonyl (C=O) groups excluding carboxylic acids is 1. The van der Waals surface area contributed by atoms with Crippen molar-refractivity contribution in [3.05, 3.63) is 23.8 Å². The van der Waals surface area contributed by atoms with Crippen molar-refractivity contribution in [2.45, 2.75) is 50.2 Å². The molecule has 0 aromatic heterocycles. The maximum Gasteiger partial charge on any atom is 0.267 e. The summed E-state index contributed by atoms with van der Waals surface area (Å²) >= 11 is 0. The molecule has 3 aliphatic rings. The summed E-state index contributed by atoms with van der Waals surface area (Å²) in [5, 5.41) is 7.00. The van der Waals surface area contributed by atoms with Gasteiger partial charge in [-0.1, -0.05) is 5.16 Å². The lowest BCUT2D eigenvalue weighted by molar-refractivity contribution is -0.138. The molecule has 6 nitrogen and oxygen atoms in total. The van der Waals surface area contributed by atoms with E-state index in [1.165, 1.54) is 12.8 Å². The lowest BCUT2D eigenvalue weighted by atomic mass is 9.93. The Bertz CT molecular complexity index is 682. The zero-order chi connectivity index (χ0) is 16.6. The molecule has 1 aromatic rings. The summed E-state index contributed by atoms with van der Waals surface area (Å²) in [6.45, 7) is 0.639. The zero-order valence-electron chi connectivity index (χ0n) is 13.8. The van der Waals surface area contributed by atoms with Crippen LogP contribution in [0.15, 0.2) is 23.4 Å². The van der Waals surface area contributed by atoms with Gasteiger partial charge in [0.2, 0.25) is 5.60 Å². The van der Waals surface area contributed by atoms with Crippen LogP contribution < -0.4 is 14.8 Å². The van der Waals surface area contributed by atoms with Crippen LogP contribution >= 0.6 is 0 Å². The van der Waals surface area contributed by atoms with Gasteiger partial charge >= 0.3 is 0 Å². The minimum Gasteiger partial charge on any atom is -0.493 e. The maximum absolute atomic E-state index is 12.0. The number of rotatable bonds is 4. The first-order valence-electron chi connectivity index (χ1n) is 8.59. The van der Waals surface area contributed by atoms with Gasteiger partial charge in [0.05, 0.1) is 18.9 Å². The number of nitrogens with one attached hydrogen (secondary N) is 1. The number of hydrogen-bond acceptors (Lipinski definition) is 5. The highest BCUT2D eigenvalue weighted by Crippen LogP contribution is 2.36. The zero-order valence-corrected chi connectivity index (χ0v) is 13.8. The average Bonchev–Trinajstić information content (AvgIpc) is 3.32. The van der Waals surface area contributed by atoms with Crippen molar-refractivity contribution in [1.82, 2.24) is 5.32 Å². The summed E-state index contributed by atoms with van der Waals surface area (Å²) in [6.07, 6.45) is 5.99. The number of amides is 1. The molecule has 1 aromatic carbocycles. The Balaban J connectivity index is 1.56. The summed E-state index contributed by atoms with van der Waals surface area (Å²) in [5.41, 5.74) is 0.883. The summed E-state index contributed by atoms with van der Waals surface area (Å²) in [6, 6.07) is 5.78. The monoisotopic (exact) mass is 330 g/mol. The van der Waals surface area contributed by atoms with Crippen LogP contribution in [0.2, 0.25) is 0 Å². The highest BCUT2D eigenvalue weighted by Gasteiger charge is 2.49. The van der Waals surface area contributed by atoms with E-state index in [2.05, 4.69) is 10.5 Å². The van der Waals surface area contributed by atoms with Crippen molar-refractivity contribution in [3.63, 3.8) is 0 Å². The molecule has 1 aliphatic carbocycles. The second-order valence-corrected chi connectivity index (χ2v) is 6.70. The molecular formula is C18H22N2O4. The van der Waals surface area contributed by atoms with Crippen LogP contribution in [-0.2, 0) is 9.63 Å². The van der Waals surface area contributed by atoms with Gasteiger partial charge in [0.1, 0.15) is 0 Å². The largest absolute Gasteiger partial charge is 0.493 e. The van der Waals surface area contributed by atoms with Gasteiger partial charge in [-0.25, -0.2) is 0 Å². The van der Waals surface area contributed by atoms with Crippen molar-refractivity contribution in [2.24, 2.45) is 5.16 Å². The van der Waals surface area contributed by atoms with Gasteiger partial charge in [-0.15, -0.1) is 0 Å². The summed E-state index contributed by atoms with van der Waals surface area (Å²) < 4.78 is 11.6. The van der Waals surface area contributed by atoms with Crippen molar-refractivity contribution in [1.29, 1.82) is 0 Å². The molecule has 2 fully saturated rings. The van der Waals surface area contributed by atoms with Gasteiger partial charge < -0.3 is 19.6 Å². The highest BCUT2D eigenvalue weighted by atomic mass is 16.7. The average molecular weight is 330 g/mol. The standard InChI is InChI=1S/C18H22N2O4/c1-22-15-7-6-12(10-16(15)23-13-4-2-3-5-13)14-11-18(24-20-14)8-9-19-17(18)21/h6-7,10,13H,2-5,8-9,11H2,1H3,(H,19,21). The number of carbonyl (C=O) groups is 1. The van der Waals surface area contributed by atoms with Crippen LogP contribution in [-0.4, -0.2) is 37.0 Å². The van der Waals surface area contributed by atoms with E-state index < -0.39 is 5.60 Å². The third kappa shape index (κ3) is 2.60.